The van der Waals surface area contributed by atoms with E-state index in [9.17, 15) is 0 Å². The molecule has 4 nitrogen and oxygen atoms in total. The van der Waals surface area contributed by atoms with Crippen molar-refractivity contribution in [2.24, 2.45) is 0 Å². The molecule has 1 rings (SSSR count). The standard InChI is InChI=1S/C7H10N2.BrH.2H2O/c1-9(2)7-3-5-8-6-4-7;;;/h3-6H,1-2H3;1H;2*1H2. The summed E-state index contributed by atoms with van der Waals surface area (Å²) in [4.78, 5) is 5.94. The highest BCUT2D eigenvalue weighted by Gasteiger charge is 1.88. The summed E-state index contributed by atoms with van der Waals surface area (Å²) in [5.74, 6) is 0. The number of pyridine rings is 1. The Balaban J connectivity index is -0.000000270. The summed E-state index contributed by atoms with van der Waals surface area (Å²) in [7, 11) is 4.02. The summed E-state index contributed by atoms with van der Waals surface area (Å²) in [6.07, 6.45) is 3.57. The molecule has 1 aromatic rings. The number of nitrogens with zero attached hydrogens (tertiary/aromatic N) is 2. The van der Waals surface area contributed by atoms with Crippen molar-refractivity contribution in [3.05, 3.63) is 24.5 Å². The lowest BCUT2D eigenvalue weighted by molar-refractivity contribution is 0.823. The van der Waals surface area contributed by atoms with Gasteiger partial charge < -0.3 is 15.9 Å². The first kappa shape index (κ1) is 17.4. The van der Waals surface area contributed by atoms with E-state index < -0.39 is 0 Å². The molecule has 0 spiro atoms. The normalized spacial score (nSPS) is 6.83. The minimum Gasteiger partial charge on any atom is -0.412 e. The SMILES string of the molecule is Br.CN(C)c1ccncc1.O.O. The Bertz CT molecular complexity index is 182. The van der Waals surface area contributed by atoms with E-state index >= 15 is 0 Å². The van der Waals surface area contributed by atoms with E-state index in [0.717, 1.165) is 0 Å². The van der Waals surface area contributed by atoms with E-state index in [1.54, 1.807) is 12.4 Å². The minimum absolute atomic E-state index is 0. The van der Waals surface area contributed by atoms with Gasteiger partial charge >= 0.3 is 0 Å². The van der Waals surface area contributed by atoms with Crippen LogP contribution in [-0.2, 0) is 0 Å². The fraction of sp³-hybridized carbons (Fsp3) is 0.286. The molecule has 0 fully saturated rings. The fourth-order valence-corrected chi connectivity index (χ4v) is 0.642. The van der Waals surface area contributed by atoms with Gasteiger partial charge in [0.25, 0.3) is 0 Å². The quantitative estimate of drug-likeness (QED) is 0.695. The summed E-state index contributed by atoms with van der Waals surface area (Å²) in [5, 5.41) is 0. The van der Waals surface area contributed by atoms with Crippen molar-refractivity contribution in [2.75, 3.05) is 19.0 Å². The molecule has 0 aromatic carbocycles. The molecular formula is C7H15BrN2O2. The van der Waals surface area contributed by atoms with Crippen LogP contribution in [0.2, 0.25) is 0 Å². The first-order valence-electron chi connectivity index (χ1n) is 2.88. The number of anilines is 1. The summed E-state index contributed by atoms with van der Waals surface area (Å²) < 4.78 is 0. The zero-order valence-electron chi connectivity index (χ0n) is 7.11. The highest BCUT2D eigenvalue weighted by molar-refractivity contribution is 8.93. The Kier molecular flexibility index (Phi) is 12.3. The molecule has 0 aliphatic heterocycles. The summed E-state index contributed by atoms with van der Waals surface area (Å²) in [6, 6.07) is 3.94. The Morgan fingerprint density at radius 3 is 1.75 bits per heavy atom. The first-order valence-corrected chi connectivity index (χ1v) is 2.88. The lowest BCUT2D eigenvalue weighted by Crippen LogP contribution is -2.07. The van der Waals surface area contributed by atoms with Crippen LogP contribution in [0, 0.1) is 0 Å². The molecule has 0 saturated carbocycles. The van der Waals surface area contributed by atoms with Crippen molar-refractivity contribution in [3.63, 3.8) is 0 Å². The van der Waals surface area contributed by atoms with Gasteiger partial charge in [-0.1, -0.05) is 0 Å². The van der Waals surface area contributed by atoms with E-state index in [2.05, 4.69) is 4.98 Å². The molecule has 0 aliphatic rings. The molecule has 0 radical (unpaired) electrons. The van der Waals surface area contributed by atoms with E-state index in [1.165, 1.54) is 5.69 Å². The molecule has 0 aliphatic carbocycles. The highest BCUT2D eigenvalue weighted by atomic mass is 79.9. The highest BCUT2D eigenvalue weighted by Crippen LogP contribution is 2.05. The zero-order valence-corrected chi connectivity index (χ0v) is 8.83. The van der Waals surface area contributed by atoms with Crippen molar-refractivity contribution in [3.8, 4) is 0 Å². The van der Waals surface area contributed by atoms with Crippen LogP contribution >= 0.6 is 17.0 Å². The van der Waals surface area contributed by atoms with Crippen molar-refractivity contribution in [1.82, 2.24) is 4.98 Å². The van der Waals surface area contributed by atoms with Gasteiger partial charge in [0.1, 0.15) is 0 Å². The number of hydrogen-bond acceptors (Lipinski definition) is 2. The van der Waals surface area contributed by atoms with Gasteiger partial charge in [-0.05, 0) is 12.1 Å². The molecule has 0 unspecified atom stereocenters. The Morgan fingerprint density at radius 2 is 1.50 bits per heavy atom. The van der Waals surface area contributed by atoms with Crippen molar-refractivity contribution in [2.45, 2.75) is 0 Å². The van der Waals surface area contributed by atoms with E-state index in [1.807, 2.05) is 31.1 Å². The average Bonchev–Trinajstić information content (AvgIpc) is 1.90. The number of rotatable bonds is 1. The molecule has 0 bridgehead atoms. The number of hydrogen-bond donors (Lipinski definition) is 0. The number of aromatic nitrogens is 1. The van der Waals surface area contributed by atoms with Gasteiger partial charge in [-0.25, -0.2) is 0 Å². The molecule has 0 saturated heterocycles. The maximum absolute atomic E-state index is 3.90. The fourth-order valence-electron chi connectivity index (χ4n) is 0.642. The van der Waals surface area contributed by atoms with Gasteiger partial charge in [0.05, 0.1) is 0 Å². The van der Waals surface area contributed by atoms with E-state index in [0.29, 0.717) is 0 Å². The third kappa shape index (κ3) is 5.06. The third-order valence-corrected chi connectivity index (χ3v) is 1.18. The largest absolute Gasteiger partial charge is 0.412 e. The molecule has 5 heteroatoms. The Morgan fingerprint density at radius 1 is 1.08 bits per heavy atom. The molecule has 0 atom stereocenters. The van der Waals surface area contributed by atoms with Crippen LogP contribution in [0.25, 0.3) is 0 Å². The van der Waals surface area contributed by atoms with Crippen molar-refractivity contribution in [1.29, 1.82) is 0 Å². The van der Waals surface area contributed by atoms with Crippen LogP contribution in [0.3, 0.4) is 0 Å². The molecule has 72 valence electrons. The lowest BCUT2D eigenvalue weighted by atomic mass is 10.4. The van der Waals surface area contributed by atoms with Gasteiger partial charge in [0.15, 0.2) is 0 Å². The molecule has 12 heavy (non-hydrogen) atoms. The zero-order chi connectivity index (χ0) is 6.69. The van der Waals surface area contributed by atoms with Gasteiger partial charge in [-0.3, -0.25) is 4.98 Å². The Labute approximate surface area is 82.6 Å². The molecule has 1 heterocycles. The first-order chi connectivity index (χ1) is 4.30. The van der Waals surface area contributed by atoms with Crippen LogP contribution in [0.5, 0.6) is 0 Å². The van der Waals surface area contributed by atoms with E-state index in [-0.39, 0.29) is 27.9 Å². The number of halogens is 1. The van der Waals surface area contributed by atoms with Gasteiger partial charge in [0.2, 0.25) is 0 Å². The third-order valence-electron chi connectivity index (χ3n) is 1.18. The summed E-state index contributed by atoms with van der Waals surface area (Å²) >= 11 is 0. The monoisotopic (exact) mass is 238 g/mol. The predicted octanol–water partition coefficient (Wildman–Crippen LogP) is 0.0761. The van der Waals surface area contributed by atoms with E-state index in [4.69, 9.17) is 0 Å². The van der Waals surface area contributed by atoms with Gasteiger partial charge in [0, 0.05) is 32.2 Å². The second kappa shape index (κ2) is 8.45. The lowest BCUT2D eigenvalue weighted by Gasteiger charge is -2.10. The topological polar surface area (TPSA) is 79.1 Å². The molecule has 4 N–H and O–H groups in total. The van der Waals surface area contributed by atoms with Gasteiger partial charge in [-0.2, -0.15) is 0 Å². The summed E-state index contributed by atoms with van der Waals surface area (Å²) in [5.41, 5.74) is 1.19. The molecule has 0 amide bonds. The smallest absolute Gasteiger partial charge is 0.0391 e. The molecule has 1 aromatic heterocycles. The predicted molar refractivity (Wildman–Crippen MR) is 56.1 cm³/mol. The summed E-state index contributed by atoms with van der Waals surface area (Å²) in [6.45, 7) is 0. The molecular weight excluding hydrogens is 224 g/mol. The van der Waals surface area contributed by atoms with Crippen molar-refractivity contribution >= 4 is 22.7 Å². The van der Waals surface area contributed by atoms with Crippen LogP contribution in [0.4, 0.5) is 5.69 Å². The van der Waals surface area contributed by atoms with Crippen LogP contribution in [-0.4, -0.2) is 30.0 Å². The second-order valence-corrected chi connectivity index (χ2v) is 2.10. The minimum atomic E-state index is 0. The second-order valence-electron chi connectivity index (χ2n) is 2.10. The average molecular weight is 239 g/mol. The van der Waals surface area contributed by atoms with Crippen molar-refractivity contribution < 1.29 is 11.0 Å². The van der Waals surface area contributed by atoms with Gasteiger partial charge in [-0.15, -0.1) is 17.0 Å². The van der Waals surface area contributed by atoms with Crippen LogP contribution < -0.4 is 4.90 Å². The van der Waals surface area contributed by atoms with Crippen LogP contribution in [0.1, 0.15) is 0 Å². The van der Waals surface area contributed by atoms with Crippen LogP contribution in [0.15, 0.2) is 24.5 Å². The maximum atomic E-state index is 3.90. The Hall–Kier alpha value is -0.650. The maximum Gasteiger partial charge on any atom is 0.0391 e.